The molecule has 2 aromatic rings. The second-order valence-electron chi connectivity index (χ2n) is 3.66. The molecular weight excluding hydrogens is 322 g/mol. The van der Waals surface area contributed by atoms with E-state index in [2.05, 4.69) is 31.2 Å². The number of nitrogens with one attached hydrogen (secondary N) is 1. The van der Waals surface area contributed by atoms with Crippen LogP contribution < -0.4 is 10.1 Å². The fourth-order valence-corrected chi connectivity index (χ4v) is 1.85. The molecule has 0 fully saturated rings. The molecule has 0 bridgehead atoms. The summed E-state index contributed by atoms with van der Waals surface area (Å²) in [6.07, 6.45) is 1.56. The van der Waals surface area contributed by atoms with Crippen LogP contribution in [0.5, 0.6) is 5.88 Å². The van der Waals surface area contributed by atoms with Crippen molar-refractivity contribution in [3.05, 3.63) is 40.0 Å². The number of nitriles is 2. The van der Waals surface area contributed by atoms with Gasteiger partial charge in [0, 0.05) is 5.69 Å². The topological polar surface area (TPSA) is 94.6 Å². The molecule has 0 atom stereocenters. The highest BCUT2D eigenvalue weighted by molar-refractivity contribution is 9.10. The van der Waals surface area contributed by atoms with Gasteiger partial charge in [-0.2, -0.15) is 15.5 Å². The van der Waals surface area contributed by atoms with Crippen LogP contribution in [0.25, 0.3) is 0 Å². The molecule has 2 rings (SSSR count). The van der Waals surface area contributed by atoms with Crippen LogP contribution in [0.3, 0.4) is 0 Å². The second-order valence-corrected chi connectivity index (χ2v) is 4.51. The van der Waals surface area contributed by atoms with Gasteiger partial charge in [-0.25, -0.2) is 4.98 Å². The Labute approximate surface area is 123 Å². The van der Waals surface area contributed by atoms with Gasteiger partial charge >= 0.3 is 0 Å². The van der Waals surface area contributed by atoms with Crippen molar-refractivity contribution in [1.29, 1.82) is 10.5 Å². The SMILES string of the molecule is COc1nc(Nc2ccc(C#N)c(C#N)c2)ncc1Br. The molecule has 0 unspecified atom stereocenters. The number of methoxy groups -OCH3 is 1. The Morgan fingerprint density at radius 2 is 2.00 bits per heavy atom. The Kier molecular flexibility index (Phi) is 4.14. The van der Waals surface area contributed by atoms with Gasteiger partial charge in [0.05, 0.1) is 28.9 Å². The van der Waals surface area contributed by atoms with E-state index in [9.17, 15) is 0 Å². The molecule has 98 valence electrons. The Balaban J connectivity index is 2.31. The van der Waals surface area contributed by atoms with E-state index in [1.54, 1.807) is 24.4 Å². The van der Waals surface area contributed by atoms with E-state index in [0.29, 0.717) is 33.1 Å². The summed E-state index contributed by atoms with van der Waals surface area (Å²) in [6, 6.07) is 8.73. The summed E-state index contributed by atoms with van der Waals surface area (Å²) in [5.74, 6) is 0.732. The van der Waals surface area contributed by atoms with Gasteiger partial charge < -0.3 is 10.1 Å². The maximum absolute atomic E-state index is 8.97. The lowest BCUT2D eigenvalue weighted by atomic mass is 10.1. The second kappa shape index (κ2) is 6.00. The molecule has 1 heterocycles. The van der Waals surface area contributed by atoms with E-state index in [-0.39, 0.29) is 0 Å². The van der Waals surface area contributed by atoms with Crippen LogP contribution in [0.1, 0.15) is 11.1 Å². The molecule has 0 aliphatic carbocycles. The molecule has 7 heteroatoms. The molecule has 0 amide bonds. The number of benzene rings is 1. The molecule has 1 aromatic heterocycles. The summed E-state index contributed by atoms with van der Waals surface area (Å²) in [6.45, 7) is 0. The van der Waals surface area contributed by atoms with Gasteiger partial charge in [-0.3, -0.25) is 0 Å². The summed E-state index contributed by atoms with van der Waals surface area (Å²) in [7, 11) is 1.51. The summed E-state index contributed by atoms with van der Waals surface area (Å²) < 4.78 is 5.71. The lowest BCUT2D eigenvalue weighted by Gasteiger charge is -2.07. The van der Waals surface area contributed by atoms with Gasteiger partial charge in [-0.15, -0.1) is 0 Å². The molecule has 20 heavy (non-hydrogen) atoms. The van der Waals surface area contributed by atoms with Gasteiger partial charge in [0.25, 0.3) is 0 Å². The lowest BCUT2D eigenvalue weighted by Crippen LogP contribution is -2.00. The first-order valence-corrected chi connectivity index (χ1v) is 6.25. The van der Waals surface area contributed by atoms with Crippen LogP contribution in [0, 0.1) is 22.7 Å². The minimum absolute atomic E-state index is 0.293. The van der Waals surface area contributed by atoms with E-state index < -0.39 is 0 Å². The van der Waals surface area contributed by atoms with E-state index in [4.69, 9.17) is 15.3 Å². The van der Waals surface area contributed by atoms with Crippen molar-refractivity contribution in [2.45, 2.75) is 0 Å². The Morgan fingerprint density at radius 3 is 2.65 bits per heavy atom. The van der Waals surface area contributed by atoms with Gasteiger partial charge in [-0.1, -0.05) is 0 Å². The van der Waals surface area contributed by atoms with Crippen molar-refractivity contribution in [1.82, 2.24) is 9.97 Å². The van der Waals surface area contributed by atoms with Crippen molar-refractivity contribution >= 4 is 27.6 Å². The average Bonchev–Trinajstić information content (AvgIpc) is 2.49. The fraction of sp³-hybridized carbons (Fsp3) is 0.0769. The smallest absolute Gasteiger partial charge is 0.232 e. The highest BCUT2D eigenvalue weighted by atomic mass is 79.9. The monoisotopic (exact) mass is 329 g/mol. The van der Waals surface area contributed by atoms with E-state index in [0.717, 1.165) is 0 Å². The summed E-state index contributed by atoms with van der Waals surface area (Å²) in [5, 5.41) is 20.8. The predicted molar refractivity (Wildman–Crippen MR) is 75.4 cm³/mol. The van der Waals surface area contributed by atoms with Crippen molar-refractivity contribution < 1.29 is 4.74 Å². The lowest BCUT2D eigenvalue weighted by molar-refractivity contribution is 0.394. The van der Waals surface area contributed by atoms with Crippen LogP contribution in [0.15, 0.2) is 28.9 Å². The summed E-state index contributed by atoms with van der Waals surface area (Å²) >= 11 is 3.26. The first kappa shape index (κ1) is 13.8. The number of halogens is 1. The zero-order valence-corrected chi connectivity index (χ0v) is 12.0. The van der Waals surface area contributed by atoms with Crippen LogP contribution in [0.2, 0.25) is 0 Å². The van der Waals surface area contributed by atoms with Crippen LogP contribution in [0.4, 0.5) is 11.6 Å². The molecule has 1 aromatic carbocycles. The molecule has 0 aliphatic rings. The van der Waals surface area contributed by atoms with Crippen molar-refractivity contribution in [2.75, 3.05) is 12.4 Å². The largest absolute Gasteiger partial charge is 0.480 e. The number of aromatic nitrogens is 2. The number of hydrogen-bond donors (Lipinski definition) is 1. The van der Waals surface area contributed by atoms with Crippen LogP contribution in [-0.2, 0) is 0 Å². The van der Waals surface area contributed by atoms with E-state index >= 15 is 0 Å². The number of ether oxygens (including phenoxy) is 1. The maximum atomic E-state index is 8.97. The van der Waals surface area contributed by atoms with E-state index in [1.165, 1.54) is 7.11 Å². The first-order chi connectivity index (χ1) is 9.67. The quantitative estimate of drug-likeness (QED) is 0.930. The normalized spacial score (nSPS) is 9.40. The zero-order valence-electron chi connectivity index (χ0n) is 10.4. The average molecular weight is 330 g/mol. The Bertz CT molecular complexity index is 733. The van der Waals surface area contributed by atoms with Crippen molar-refractivity contribution in [2.24, 2.45) is 0 Å². The van der Waals surface area contributed by atoms with Gasteiger partial charge in [0.1, 0.15) is 12.1 Å². The third kappa shape index (κ3) is 2.85. The number of hydrogen-bond acceptors (Lipinski definition) is 6. The maximum Gasteiger partial charge on any atom is 0.232 e. The highest BCUT2D eigenvalue weighted by Crippen LogP contribution is 2.24. The van der Waals surface area contributed by atoms with Gasteiger partial charge in [0.2, 0.25) is 11.8 Å². The van der Waals surface area contributed by atoms with Crippen molar-refractivity contribution in [3.63, 3.8) is 0 Å². The molecule has 0 radical (unpaired) electrons. The molecule has 1 N–H and O–H groups in total. The van der Waals surface area contributed by atoms with Gasteiger partial charge in [-0.05, 0) is 34.1 Å². The molecule has 6 nitrogen and oxygen atoms in total. The number of rotatable bonds is 3. The molecule has 0 aliphatic heterocycles. The molecule has 0 spiro atoms. The highest BCUT2D eigenvalue weighted by Gasteiger charge is 2.07. The number of anilines is 2. The minimum atomic E-state index is 0.293. The summed E-state index contributed by atoms with van der Waals surface area (Å²) in [5.41, 5.74) is 1.24. The van der Waals surface area contributed by atoms with E-state index in [1.807, 2.05) is 12.1 Å². The predicted octanol–water partition coefficient (Wildman–Crippen LogP) is 2.73. The summed E-state index contributed by atoms with van der Waals surface area (Å²) in [4.78, 5) is 8.23. The Morgan fingerprint density at radius 1 is 1.25 bits per heavy atom. The third-order valence-corrected chi connectivity index (χ3v) is 2.97. The minimum Gasteiger partial charge on any atom is -0.480 e. The Hall–Kier alpha value is -2.64. The first-order valence-electron chi connectivity index (χ1n) is 5.45. The molecular formula is C13H8BrN5O. The van der Waals surface area contributed by atoms with Gasteiger partial charge in [0.15, 0.2) is 0 Å². The fourth-order valence-electron chi connectivity index (χ4n) is 1.50. The molecule has 0 saturated heterocycles. The number of nitrogens with zero attached hydrogens (tertiary/aromatic N) is 4. The molecule has 0 saturated carbocycles. The van der Waals surface area contributed by atoms with Crippen molar-refractivity contribution in [3.8, 4) is 18.0 Å². The zero-order chi connectivity index (χ0) is 14.5. The third-order valence-electron chi connectivity index (χ3n) is 2.42. The van der Waals surface area contributed by atoms with Crippen LogP contribution in [-0.4, -0.2) is 17.1 Å². The van der Waals surface area contributed by atoms with Crippen LogP contribution >= 0.6 is 15.9 Å². The standard InChI is InChI=1S/C13H8BrN5O/c1-20-12-11(14)7-17-13(19-12)18-10-3-2-8(5-15)9(4-10)6-16/h2-4,7H,1H3,(H,17,18,19).